The van der Waals surface area contributed by atoms with Crippen LogP contribution in [0.5, 0.6) is 5.75 Å². The standard InChI is InChI=1S/C27H25N5O5/c33-24-9-4-6-20(16-24)27(35)29-15-5-14-28-25(34)17-21-18-31(22-7-2-1-3-8-22)30-26(21)19-10-12-23(13-11-19)32(36)37/h1-4,6-13,16,18,33H,5,14-15,17H2,(H,28,34)(H,29,35). The van der Waals surface area contributed by atoms with Crippen LogP contribution in [-0.2, 0) is 11.2 Å². The number of non-ortho nitro benzene ring substituents is 1. The fourth-order valence-electron chi connectivity index (χ4n) is 3.74. The Kier molecular flexibility index (Phi) is 7.89. The van der Waals surface area contributed by atoms with Crippen molar-refractivity contribution in [3.63, 3.8) is 0 Å². The molecule has 0 aliphatic rings. The summed E-state index contributed by atoms with van der Waals surface area (Å²) in [5.41, 5.74) is 3.05. The van der Waals surface area contributed by atoms with Crippen LogP contribution in [0.25, 0.3) is 16.9 Å². The number of aromatic hydroxyl groups is 1. The Balaban J connectivity index is 1.38. The summed E-state index contributed by atoms with van der Waals surface area (Å²) < 4.78 is 1.68. The fraction of sp³-hybridized carbons (Fsp3) is 0.148. The van der Waals surface area contributed by atoms with Crippen molar-refractivity contribution in [1.29, 1.82) is 0 Å². The number of phenolic OH excluding ortho intramolecular Hbond substituents is 1. The number of nitro groups is 1. The summed E-state index contributed by atoms with van der Waals surface area (Å²) >= 11 is 0. The van der Waals surface area contributed by atoms with Gasteiger partial charge in [-0.05, 0) is 48.9 Å². The van der Waals surface area contributed by atoms with Gasteiger partial charge in [0, 0.05) is 48.1 Å². The minimum Gasteiger partial charge on any atom is -0.508 e. The van der Waals surface area contributed by atoms with Crippen molar-refractivity contribution >= 4 is 17.5 Å². The van der Waals surface area contributed by atoms with Crippen LogP contribution in [0.4, 0.5) is 5.69 Å². The van der Waals surface area contributed by atoms with Crippen molar-refractivity contribution in [3.8, 4) is 22.7 Å². The Hall–Kier alpha value is -4.99. The van der Waals surface area contributed by atoms with Gasteiger partial charge in [0.05, 0.1) is 22.7 Å². The van der Waals surface area contributed by atoms with Crippen molar-refractivity contribution in [1.82, 2.24) is 20.4 Å². The largest absolute Gasteiger partial charge is 0.508 e. The second-order valence-corrected chi connectivity index (χ2v) is 8.27. The summed E-state index contributed by atoms with van der Waals surface area (Å²) in [5.74, 6) is -0.498. The van der Waals surface area contributed by atoms with Gasteiger partial charge in [-0.25, -0.2) is 4.68 Å². The van der Waals surface area contributed by atoms with E-state index in [4.69, 9.17) is 0 Å². The molecule has 1 aromatic heterocycles. The lowest BCUT2D eigenvalue weighted by molar-refractivity contribution is -0.384. The quantitative estimate of drug-likeness (QED) is 0.173. The molecular weight excluding hydrogens is 474 g/mol. The molecule has 1 heterocycles. The van der Waals surface area contributed by atoms with E-state index in [9.17, 15) is 24.8 Å². The molecule has 0 saturated heterocycles. The molecule has 0 spiro atoms. The summed E-state index contributed by atoms with van der Waals surface area (Å²) in [5, 5.41) is 30.8. The van der Waals surface area contributed by atoms with Crippen molar-refractivity contribution in [2.24, 2.45) is 0 Å². The maximum absolute atomic E-state index is 12.7. The van der Waals surface area contributed by atoms with Gasteiger partial charge < -0.3 is 15.7 Å². The third kappa shape index (κ3) is 6.57. The number of hydrogen-bond acceptors (Lipinski definition) is 6. The van der Waals surface area contributed by atoms with Crippen LogP contribution in [-0.4, -0.2) is 44.7 Å². The molecule has 2 amide bonds. The van der Waals surface area contributed by atoms with Crippen LogP contribution in [0.1, 0.15) is 22.3 Å². The minimum atomic E-state index is -0.465. The highest BCUT2D eigenvalue weighted by molar-refractivity contribution is 5.94. The number of phenols is 1. The van der Waals surface area contributed by atoms with Crippen molar-refractivity contribution in [3.05, 3.63) is 106 Å². The summed E-state index contributed by atoms with van der Waals surface area (Å²) in [6.07, 6.45) is 2.37. The highest BCUT2D eigenvalue weighted by Crippen LogP contribution is 2.26. The number of aromatic nitrogens is 2. The Morgan fingerprint density at radius 1 is 0.946 bits per heavy atom. The van der Waals surface area contributed by atoms with Crippen molar-refractivity contribution in [2.75, 3.05) is 13.1 Å². The number of amides is 2. The number of nitrogens with one attached hydrogen (secondary N) is 2. The lowest BCUT2D eigenvalue weighted by Gasteiger charge is -2.07. The van der Waals surface area contributed by atoms with Crippen molar-refractivity contribution in [2.45, 2.75) is 12.8 Å². The van der Waals surface area contributed by atoms with Gasteiger partial charge in [-0.1, -0.05) is 24.3 Å². The van der Waals surface area contributed by atoms with E-state index in [1.807, 2.05) is 30.3 Å². The SMILES string of the molecule is O=C(Cc1cn(-c2ccccc2)nc1-c1ccc([N+](=O)[O-])cc1)NCCCNC(=O)c1cccc(O)c1. The summed E-state index contributed by atoms with van der Waals surface area (Å²) in [6, 6.07) is 21.6. The Morgan fingerprint density at radius 2 is 1.68 bits per heavy atom. The summed E-state index contributed by atoms with van der Waals surface area (Å²) in [4.78, 5) is 35.4. The second kappa shape index (κ2) is 11.6. The summed E-state index contributed by atoms with van der Waals surface area (Å²) in [7, 11) is 0. The number of nitro benzene ring substituents is 1. The van der Waals surface area contributed by atoms with E-state index < -0.39 is 4.92 Å². The molecule has 0 aliphatic carbocycles. The van der Waals surface area contributed by atoms with Crippen LogP contribution in [0, 0.1) is 10.1 Å². The number of benzene rings is 3. The zero-order chi connectivity index (χ0) is 26.2. The molecule has 0 bridgehead atoms. The molecule has 0 radical (unpaired) electrons. The van der Waals surface area contributed by atoms with Crippen LogP contribution in [0.2, 0.25) is 0 Å². The Labute approximate surface area is 212 Å². The molecule has 0 saturated carbocycles. The van der Waals surface area contributed by atoms with Crippen LogP contribution >= 0.6 is 0 Å². The second-order valence-electron chi connectivity index (χ2n) is 8.27. The van der Waals surface area contributed by atoms with Crippen LogP contribution < -0.4 is 10.6 Å². The molecular formula is C27H25N5O5. The number of para-hydroxylation sites is 1. The fourth-order valence-corrected chi connectivity index (χ4v) is 3.74. The molecule has 4 aromatic rings. The van der Waals surface area contributed by atoms with Crippen LogP contribution in [0.3, 0.4) is 0 Å². The highest BCUT2D eigenvalue weighted by Gasteiger charge is 2.16. The third-order valence-electron chi connectivity index (χ3n) is 5.58. The van der Waals surface area contributed by atoms with E-state index in [1.54, 1.807) is 35.1 Å². The molecule has 0 aliphatic heterocycles. The van der Waals surface area contributed by atoms with Gasteiger partial charge in [0.15, 0.2) is 0 Å². The topological polar surface area (TPSA) is 139 Å². The predicted molar refractivity (Wildman–Crippen MR) is 137 cm³/mol. The van der Waals surface area contributed by atoms with Gasteiger partial charge >= 0.3 is 0 Å². The van der Waals surface area contributed by atoms with Gasteiger partial charge in [-0.15, -0.1) is 0 Å². The first-order chi connectivity index (χ1) is 17.9. The number of hydrogen-bond donors (Lipinski definition) is 3. The van der Waals surface area contributed by atoms with Gasteiger partial charge in [0.1, 0.15) is 5.75 Å². The number of rotatable bonds is 10. The zero-order valence-corrected chi connectivity index (χ0v) is 19.8. The first kappa shape index (κ1) is 25.1. The van der Waals surface area contributed by atoms with Gasteiger partial charge in [-0.2, -0.15) is 5.10 Å². The molecule has 0 atom stereocenters. The average molecular weight is 500 g/mol. The van der Waals surface area contributed by atoms with E-state index in [-0.39, 0.29) is 29.7 Å². The molecule has 10 nitrogen and oxygen atoms in total. The molecule has 0 unspecified atom stereocenters. The van der Waals surface area contributed by atoms with E-state index in [1.165, 1.54) is 24.3 Å². The molecule has 188 valence electrons. The lowest BCUT2D eigenvalue weighted by atomic mass is 10.1. The zero-order valence-electron chi connectivity index (χ0n) is 19.8. The average Bonchev–Trinajstić information content (AvgIpc) is 3.32. The van der Waals surface area contributed by atoms with Crippen molar-refractivity contribution < 1.29 is 19.6 Å². The normalized spacial score (nSPS) is 10.6. The van der Waals surface area contributed by atoms with E-state index in [0.29, 0.717) is 41.9 Å². The summed E-state index contributed by atoms with van der Waals surface area (Å²) in [6.45, 7) is 0.716. The predicted octanol–water partition coefficient (Wildman–Crippen LogP) is 3.63. The van der Waals surface area contributed by atoms with Crippen LogP contribution in [0.15, 0.2) is 85.1 Å². The number of nitrogens with zero attached hydrogens (tertiary/aromatic N) is 3. The number of carbonyl (C=O) groups is 2. The van der Waals surface area contributed by atoms with Gasteiger partial charge in [0.2, 0.25) is 5.91 Å². The van der Waals surface area contributed by atoms with Gasteiger partial charge in [0.25, 0.3) is 11.6 Å². The molecule has 3 aromatic carbocycles. The number of carbonyl (C=O) groups excluding carboxylic acids is 2. The molecule has 0 fully saturated rings. The molecule has 4 rings (SSSR count). The molecule has 3 N–H and O–H groups in total. The first-order valence-electron chi connectivity index (χ1n) is 11.6. The third-order valence-corrected chi connectivity index (χ3v) is 5.58. The molecule has 37 heavy (non-hydrogen) atoms. The Bertz CT molecular complexity index is 1400. The molecule has 10 heteroatoms. The van der Waals surface area contributed by atoms with Gasteiger partial charge in [-0.3, -0.25) is 19.7 Å². The van der Waals surface area contributed by atoms with E-state index in [0.717, 1.165) is 5.69 Å². The smallest absolute Gasteiger partial charge is 0.269 e. The van der Waals surface area contributed by atoms with E-state index >= 15 is 0 Å². The monoisotopic (exact) mass is 499 g/mol. The first-order valence-corrected chi connectivity index (χ1v) is 11.6. The maximum atomic E-state index is 12.7. The van der Waals surface area contributed by atoms with E-state index in [2.05, 4.69) is 15.7 Å². The Morgan fingerprint density at radius 3 is 2.38 bits per heavy atom. The maximum Gasteiger partial charge on any atom is 0.269 e. The minimum absolute atomic E-state index is 0.0172. The highest BCUT2D eigenvalue weighted by atomic mass is 16.6. The lowest BCUT2D eigenvalue weighted by Crippen LogP contribution is -2.30.